The molecule has 0 unspecified atom stereocenters. The van der Waals surface area contributed by atoms with E-state index in [4.69, 9.17) is 9.15 Å². The van der Waals surface area contributed by atoms with E-state index in [1.807, 2.05) is 66.4 Å². The van der Waals surface area contributed by atoms with Crippen LogP contribution in [0.3, 0.4) is 0 Å². The minimum Gasteiger partial charge on any atom is -0.392 e. The zero-order valence-electron chi connectivity index (χ0n) is 36.6. The van der Waals surface area contributed by atoms with Crippen molar-refractivity contribution in [1.82, 2.24) is 60.0 Å². The molecule has 0 spiro atoms. The van der Waals surface area contributed by atoms with Crippen LogP contribution >= 0.6 is 0 Å². The number of aryl methyl sites for hydroxylation is 2. The molecule has 4 aromatic rings. The van der Waals surface area contributed by atoms with Gasteiger partial charge in [-0.2, -0.15) is 5.10 Å². The van der Waals surface area contributed by atoms with Crippen molar-refractivity contribution >= 4 is 9.84 Å². The maximum absolute atomic E-state index is 11.8. The first kappa shape index (κ1) is 49.2. The molecule has 0 amide bonds. The van der Waals surface area contributed by atoms with Gasteiger partial charge < -0.3 is 13.7 Å². The van der Waals surface area contributed by atoms with Crippen molar-refractivity contribution in [3.05, 3.63) is 52.6 Å². The lowest BCUT2D eigenvalue weighted by Crippen LogP contribution is -2.39. The number of nitrogens with one attached hydrogen (secondary N) is 2. The second-order valence-electron chi connectivity index (χ2n) is 18.9. The number of rotatable bonds is 4. The average molecular weight is 795 g/mol. The zero-order valence-corrected chi connectivity index (χ0v) is 37.4. The Kier molecular flexibility index (Phi) is 18.3. The molecule has 2 N–H and O–H groups in total. The van der Waals surface area contributed by atoms with Crippen molar-refractivity contribution in [2.24, 2.45) is 19.5 Å². The molecular weight excluding hydrogens is 725 g/mol. The highest BCUT2D eigenvalue weighted by atomic mass is 32.2. The summed E-state index contributed by atoms with van der Waals surface area (Å²) in [6, 6.07) is 0. The molecule has 0 bridgehead atoms. The van der Waals surface area contributed by atoms with Gasteiger partial charge in [0.15, 0.2) is 9.84 Å². The Bertz CT molecular complexity index is 1800. The van der Waals surface area contributed by atoms with Gasteiger partial charge in [0.1, 0.15) is 24.3 Å². The lowest BCUT2D eigenvalue weighted by Gasteiger charge is -2.27. The Morgan fingerprint density at radius 2 is 1.40 bits per heavy atom. The van der Waals surface area contributed by atoms with Crippen LogP contribution in [0.5, 0.6) is 0 Å². The third-order valence-electron chi connectivity index (χ3n) is 7.43. The first-order valence-corrected chi connectivity index (χ1v) is 20.4. The number of H-pyrrole nitrogens is 2. The summed E-state index contributed by atoms with van der Waals surface area (Å²) in [7, 11) is 0.915. The van der Waals surface area contributed by atoms with Crippen molar-refractivity contribution in [2.75, 3.05) is 44.4 Å². The lowest BCUT2D eigenvalue weighted by molar-refractivity contribution is 0.0408. The smallest absolute Gasteiger partial charge is 0.392 e. The van der Waals surface area contributed by atoms with E-state index < -0.39 is 15.6 Å². The predicted molar refractivity (Wildman–Crippen MR) is 216 cm³/mol. The van der Waals surface area contributed by atoms with Gasteiger partial charge in [-0.25, -0.2) is 23.3 Å². The van der Waals surface area contributed by atoms with E-state index >= 15 is 0 Å². The summed E-state index contributed by atoms with van der Waals surface area (Å²) >= 11 is 0. The van der Waals surface area contributed by atoms with Gasteiger partial charge in [0.05, 0.1) is 30.4 Å². The molecule has 0 radical (unpaired) electrons. The Labute approximate surface area is 328 Å². The molecule has 1 saturated heterocycles. The molecule has 1 aliphatic heterocycles. The molecule has 5 rings (SSSR count). The molecule has 1 fully saturated rings. The highest BCUT2D eigenvalue weighted by molar-refractivity contribution is 7.91. The fraction of sp³-hybridized carbons (Fsp3) is 0.784. The number of morpholine rings is 1. The van der Waals surface area contributed by atoms with Crippen molar-refractivity contribution in [3.8, 4) is 0 Å². The normalized spacial score (nSPS) is 14.3. The Balaban J connectivity index is 0.000000350. The number of aromatic nitrogens is 11. The van der Waals surface area contributed by atoms with Crippen LogP contribution in [0.1, 0.15) is 127 Å². The second kappa shape index (κ2) is 20.4. The van der Waals surface area contributed by atoms with Crippen LogP contribution in [0.25, 0.3) is 0 Å². The highest BCUT2D eigenvalue weighted by Crippen LogP contribution is 2.20. The molecule has 17 nitrogen and oxygen atoms in total. The molecule has 1 aliphatic rings. The third-order valence-corrected chi connectivity index (χ3v) is 9.54. The molecule has 4 aromatic heterocycles. The number of sulfone groups is 1. The topological polar surface area (TPSA) is 208 Å². The van der Waals surface area contributed by atoms with Gasteiger partial charge in [0.2, 0.25) is 5.89 Å². The maximum atomic E-state index is 11.8. The standard InChI is InChI=1S/C11H23NO3S.2C7H13N3.C6H11N3.C6H10N2O2/c1-11(2,3)10-16(13,14)9-6-12-4-7-15-8-5-12;1-7(2,3)6-9-8-5-10(6)4;1-7(2,3)6-5-10(4)9-8-6;1-6(2,3)5-7-4-8-9-5;1-6(2,3)4-7-8-5(9)10-4/h4-10H2,1-3H3;2*5H,1-4H3;4H,1-3H3,(H,7,8,9);1-3H3,(H,8,9). The van der Waals surface area contributed by atoms with Gasteiger partial charge in [0, 0.05) is 61.6 Å². The number of hydrogen-bond acceptors (Lipinski definition) is 13. The molecule has 18 heteroatoms. The Hall–Kier alpha value is -3.77. The quantitative estimate of drug-likeness (QED) is 0.286. The zero-order chi connectivity index (χ0) is 42.5. The van der Waals surface area contributed by atoms with Crippen LogP contribution in [-0.2, 0) is 50.3 Å². The van der Waals surface area contributed by atoms with E-state index in [2.05, 4.69) is 113 Å². The number of aromatic amines is 2. The minimum atomic E-state index is -2.92. The molecule has 0 atom stereocenters. The summed E-state index contributed by atoms with van der Waals surface area (Å²) < 4.78 is 37.3. The summed E-state index contributed by atoms with van der Waals surface area (Å²) in [4.78, 5) is 16.6. The Morgan fingerprint density at radius 3 is 1.69 bits per heavy atom. The van der Waals surface area contributed by atoms with Gasteiger partial charge in [-0.05, 0) is 5.41 Å². The summed E-state index contributed by atoms with van der Waals surface area (Å²) in [5.41, 5.74) is 1.01. The highest BCUT2D eigenvalue weighted by Gasteiger charge is 2.23. The number of ether oxygens (including phenoxy) is 1. The van der Waals surface area contributed by atoms with Crippen LogP contribution in [0.4, 0.5) is 0 Å². The van der Waals surface area contributed by atoms with Gasteiger partial charge in [0.25, 0.3) is 0 Å². The van der Waals surface area contributed by atoms with Crippen LogP contribution in [0.2, 0.25) is 0 Å². The van der Waals surface area contributed by atoms with E-state index in [-0.39, 0.29) is 38.6 Å². The number of nitrogens with zero attached hydrogens (tertiary/aromatic N) is 10. The third kappa shape index (κ3) is 20.6. The SMILES string of the molecule is CC(C)(C)CS(=O)(=O)CCN1CCOCC1.CC(C)(C)c1n[nH]c(=O)o1.CC(C)(C)c1ncn[nH]1.Cn1cc(C(C)(C)C)nn1.Cn1cnnc1C(C)(C)C. The second-order valence-corrected chi connectivity index (χ2v) is 21.1. The van der Waals surface area contributed by atoms with Crippen molar-refractivity contribution in [1.29, 1.82) is 0 Å². The van der Waals surface area contributed by atoms with Crippen LogP contribution in [0.15, 0.2) is 28.1 Å². The predicted octanol–water partition coefficient (Wildman–Crippen LogP) is 4.77. The molecule has 55 heavy (non-hydrogen) atoms. The van der Waals surface area contributed by atoms with Crippen molar-refractivity contribution in [2.45, 2.75) is 126 Å². The van der Waals surface area contributed by atoms with Gasteiger partial charge >= 0.3 is 5.76 Å². The molecule has 0 aromatic carbocycles. The van der Waals surface area contributed by atoms with Gasteiger partial charge in [-0.1, -0.05) is 109 Å². The molecule has 0 aliphatic carbocycles. The molecule has 5 heterocycles. The fourth-order valence-corrected chi connectivity index (χ4v) is 6.60. The first-order chi connectivity index (χ1) is 24.9. The van der Waals surface area contributed by atoms with E-state index in [1.54, 1.807) is 11.0 Å². The minimum absolute atomic E-state index is 0.0938. The van der Waals surface area contributed by atoms with Crippen LogP contribution in [0, 0.1) is 5.41 Å². The van der Waals surface area contributed by atoms with E-state index in [0.717, 1.165) is 43.6 Å². The Morgan fingerprint density at radius 1 is 0.800 bits per heavy atom. The van der Waals surface area contributed by atoms with Gasteiger partial charge in [-0.15, -0.1) is 20.4 Å². The largest absolute Gasteiger partial charge is 0.434 e. The summed E-state index contributed by atoms with van der Waals surface area (Å²) in [5.74, 6) is 2.44. The van der Waals surface area contributed by atoms with E-state index in [0.29, 0.717) is 12.4 Å². The van der Waals surface area contributed by atoms with E-state index in [1.165, 1.54) is 6.33 Å². The summed E-state index contributed by atoms with van der Waals surface area (Å²) in [5, 5.41) is 28.1. The molecular formula is C37H70N12O5S. The fourth-order valence-electron chi connectivity index (χ4n) is 4.60. The van der Waals surface area contributed by atoms with Crippen LogP contribution < -0.4 is 5.76 Å². The first-order valence-electron chi connectivity index (χ1n) is 18.5. The maximum Gasteiger partial charge on any atom is 0.434 e. The molecule has 314 valence electrons. The van der Waals surface area contributed by atoms with E-state index in [9.17, 15) is 13.2 Å². The lowest BCUT2D eigenvalue weighted by atomic mass is 9.93. The monoisotopic (exact) mass is 795 g/mol. The summed E-state index contributed by atoms with van der Waals surface area (Å²) in [6.07, 6.45) is 5.20. The van der Waals surface area contributed by atoms with Gasteiger partial charge in [-0.3, -0.25) is 14.7 Å². The average Bonchev–Trinajstić information content (AvgIpc) is 3.84. The number of hydrogen-bond donors (Lipinski definition) is 2. The van der Waals surface area contributed by atoms with Crippen molar-refractivity contribution in [3.63, 3.8) is 0 Å². The van der Waals surface area contributed by atoms with Crippen LogP contribution in [-0.4, -0.2) is 113 Å². The summed E-state index contributed by atoms with van der Waals surface area (Å²) in [6.45, 7) is 34.4. The van der Waals surface area contributed by atoms with Crippen molar-refractivity contribution < 1.29 is 17.6 Å². The molecule has 0 saturated carbocycles.